The minimum absolute atomic E-state index is 0.0785. The van der Waals surface area contributed by atoms with Crippen molar-refractivity contribution >= 4 is 5.91 Å². The number of rotatable bonds is 4. The van der Waals surface area contributed by atoms with Crippen LogP contribution >= 0.6 is 0 Å². The molecular formula is C14H19NO4. The molecular weight excluding hydrogens is 246 g/mol. The van der Waals surface area contributed by atoms with Gasteiger partial charge in [0.05, 0.1) is 12.2 Å². The van der Waals surface area contributed by atoms with Gasteiger partial charge >= 0.3 is 0 Å². The van der Waals surface area contributed by atoms with Gasteiger partial charge in [0.15, 0.2) is 6.61 Å². The van der Waals surface area contributed by atoms with E-state index in [1.54, 1.807) is 0 Å². The zero-order valence-electron chi connectivity index (χ0n) is 11.0. The van der Waals surface area contributed by atoms with E-state index in [1.165, 1.54) is 10.5 Å². The quantitative estimate of drug-likeness (QED) is 0.815. The minimum Gasteiger partial charge on any atom is -0.484 e. The van der Waals surface area contributed by atoms with Crippen LogP contribution < -0.4 is 4.74 Å². The zero-order valence-corrected chi connectivity index (χ0v) is 11.0. The van der Waals surface area contributed by atoms with Crippen LogP contribution in [0.1, 0.15) is 12.5 Å². The number of aliphatic hydroxyl groups excluding tert-OH is 2. The van der Waals surface area contributed by atoms with Crippen molar-refractivity contribution in [3.8, 4) is 5.75 Å². The first-order valence-electron chi connectivity index (χ1n) is 6.45. The standard InChI is InChI=1S/C14H19NO4/c1-2-10-3-5-11(6-4-10)19-9-14(18)15-7-12(16)13(17)8-15/h3-6,12-13,16-17H,2,7-9H2,1H3. The van der Waals surface area contributed by atoms with E-state index in [0.29, 0.717) is 5.75 Å². The Morgan fingerprint density at radius 1 is 1.26 bits per heavy atom. The van der Waals surface area contributed by atoms with E-state index >= 15 is 0 Å². The topological polar surface area (TPSA) is 70.0 Å². The summed E-state index contributed by atoms with van der Waals surface area (Å²) in [7, 11) is 0. The van der Waals surface area contributed by atoms with Crippen molar-refractivity contribution in [1.82, 2.24) is 4.90 Å². The third kappa shape index (κ3) is 3.45. The maximum absolute atomic E-state index is 11.8. The summed E-state index contributed by atoms with van der Waals surface area (Å²) in [6.45, 7) is 2.32. The van der Waals surface area contributed by atoms with Crippen LogP contribution in [0.2, 0.25) is 0 Å². The zero-order chi connectivity index (χ0) is 13.8. The number of aliphatic hydroxyl groups is 2. The van der Waals surface area contributed by atoms with Crippen LogP contribution in [-0.4, -0.2) is 52.9 Å². The molecule has 1 aromatic carbocycles. The highest BCUT2D eigenvalue weighted by Gasteiger charge is 2.32. The van der Waals surface area contributed by atoms with Crippen molar-refractivity contribution < 1.29 is 19.7 Å². The lowest BCUT2D eigenvalue weighted by Gasteiger charge is -2.15. The molecule has 2 N–H and O–H groups in total. The fourth-order valence-electron chi connectivity index (χ4n) is 2.03. The fourth-order valence-corrected chi connectivity index (χ4v) is 2.03. The summed E-state index contributed by atoms with van der Waals surface area (Å²) in [5.74, 6) is 0.418. The molecule has 2 unspecified atom stereocenters. The Morgan fingerprint density at radius 3 is 2.37 bits per heavy atom. The molecule has 0 bridgehead atoms. The smallest absolute Gasteiger partial charge is 0.260 e. The van der Waals surface area contributed by atoms with Crippen LogP contribution in [0.25, 0.3) is 0 Å². The molecule has 1 amide bonds. The highest BCUT2D eigenvalue weighted by molar-refractivity contribution is 5.78. The number of likely N-dealkylation sites (tertiary alicyclic amines) is 1. The summed E-state index contributed by atoms with van der Waals surface area (Å²) in [5, 5.41) is 18.8. The molecule has 2 atom stereocenters. The molecule has 104 valence electrons. The van der Waals surface area contributed by atoms with Gasteiger partial charge in [-0.3, -0.25) is 4.79 Å². The number of hydrogen-bond acceptors (Lipinski definition) is 4. The second-order valence-corrected chi connectivity index (χ2v) is 4.72. The van der Waals surface area contributed by atoms with Gasteiger partial charge in [0.25, 0.3) is 5.91 Å². The molecule has 1 aliphatic heterocycles. The summed E-state index contributed by atoms with van der Waals surface area (Å²) in [6.07, 6.45) is -0.747. The number of ether oxygens (including phenoxy) is 1. The van der Waals surface area contributed by atoms with Gasteiger partial charge in [-0.15, -0.1) is 0 Å². The molecule has 5 heteroatoms. The van der Waals surface area contributed by atoms with Gasteiger partial charge in [-0.05, 0) is 24.1 Å². The summed E-state index contributed by atoms with van der Waals surface area (Å²) in [6, 6.07) is 7.59. The van der Waals surface area contributed by atoms with Gasteiger partial charge in [0.1, 0.15) is 5.75 Å². The number of amides is 1. The summed E-state index contributed by atoms with van der Waals surface area (Å²) >= 11 is 0. The van der Waals surface area contributed by atoms with Gasteiger partial charge in [-0.25, -0.2) is 0 Å². The molecule has 1 heterocycles. The van der Waals surface area contributed by atoms with Crippen molar-refractivity contribution in [3.63, 3.8) is 0 Å². The van der Waals surface area contributed by atoms with E-state index in [9.17, 15) is 15.0 Å². The summed E-state index contributed by atoms with van der Waals surface area (Å²) in [5.41, 5.74) is 1.21. The van der Waals surface area contributed by atoms with Crippen molar-refractivity contribution in [2.75, 3.05) is 19.7 Å². The lowest BCUT2D eigenvalue weighted by Crippen LogP contribution is -2.33. The highest BCUT2D eigenvalue weighted by atomic mass is 16.5. The first kappa shape index (κ1) is 13.8. The molecule has 1 aliphatic rings. The molecule has 1 aromatic rings. The van der Waals surface area contributed by atoms with Crippen LogP contribution in [0.3, 0.4) is 0 Å². The monoisotopic (exact) mass is 265 g/mol. The Kier molecular flexibility index (Phi) is 4.39. The second-order valence-electron chi connectivity index (χ2n) is 4.72. The maximum atomic E-state index is 11.8. The number of aryl methyl sites for hydroxylation is 1. The molecule has 5 nitrogen and oxygen atoms in total. The molecule has 0 spiro atoms. The largest absolute Gasteiger partial charge is 0.484 e. The Labute approximate surface area is 112 Å². The Bertz CT molecular complexity index is 422. The van der Waals surface area contributed by atoms with Crippen LogP contribution in [-0.2, 0) is 11.2 Å². The minimum atomic E-state index is -0.854. The van der Waals surface area contributed by atoms with Crippen molar-refractivity contribution in [2.45, 2.75) is 25.6 Å². The molecule has 0 saturated carbocycles. The average molecular weight is 265 g/mol. The van der Waals surface area contributed by atoms with Crippen LogP contribution in [0.4, 0.5) is 0 Å². The van der Waals surface area contributed by atoms with Gasteiger partial charge in [-0.2, -0.15) is 0 Å². The molecule has 19 heavy (non-hydrogen) atoms. The van der Waals surface area contributed by atoms with Crippen LogP contribution in [0, 0.1) is 0 Å². The van der Waals surface area contributed by atoms with Crippen molar-refractivity contribution in [2.24, 2.45) is 0 Å². The third-order valence-corrected chi connectivity index (χ3v) is 3.31. The van der Waals surface area contributed by atoms with Crippen LogP contribution in [0.15, 0.2) is 24.3 Å². The van der Waals surface area contributed by atoms with Crippen LogP contribution in [0.5, 0.6) is 5.75 Å². The Morgan fingerprint density at radius 2 is 1.84 bits per heavy atom. The van der Waals surface area contributed by atoms with Crippen molar-refractivity contribution in [3.05, 3.63) is 29.8 Å². The lowest BCUT2D eigenvalue weighted by molar-refractivity contribution is -0.132. The molecule has 1 fully saturated rings. The van der Waals surface area contributed by atoms with Gasteiger partial charge in [0.2, 0.25) is 0 Å². The highest BCUT2D eigenvalue weighted by Crippen LogP contribution is 2.14. The van der Waals surface area contributed by atoms with Gasteiger partial charge < -0.3 is 19.8 Å². The summed E-state index contributed by atoms with van der Waals surface area (Å²) in [4.78, 5) is 13.2. The number of nitrogens with zero attached hydrogens (tertiary/aromatic N) is 1. The van der Waals surface area contributed by atoms with E-state index in [1.807, 2.05) is 24.3 Å². The molecule has 1 saturated heterocycles. The third-order valence-electron chi connectivity index (χ3n) is 3.31. The SMILES string of the molecule is CCc1ccc(OCC(=O)N2CC(O)C(O)C2)cc1. The number of benzene rings is 1. The van der Waals surface area contributed by atoms with Crippen molar-refractivity contribution in [1.29, 1.82) is 0 Å². The van der Waals surface area contributed by atoms with Gasteiger partial charge in [0, 0.05) is 13.1 Å². The Balaban J connectivity index is 1.83. The molecule has 0 aliphatic carbocycles. The van der Waals surface area contributed by atoms with E-state index in [0.717, 1.165) is 6.42 Å². The Hall–Kier alpha value is -1.59. The molecule has 0 aromatic heterocycles. The lowest BCUT2D eigenvalue weighted by atomic mass is 10.2. The normalized spacial score (nSPS) is 22.6. The second kappa shape index (κ2) is 6.04. The first-order chi connectivity index (χ1) is 9.10. The fraction of sp³-hybridized carbons (Fsp3) is 0.500. The molecule has 0 radical (unpaired) electrons. The summed E-state index contributed by atoms with van der Waals surface area (Å²) < 4.78 is 5.40. The van der Waals surface area contributed by atoms with E-state index in [-0.39, 0.29) is 25.6 Å². The predicted molar refractivity (Wildman–Crippen MR) is 69.9 cm³/mol. The average Bonchev–Trinajstić information content (AvgIpc) is 2.77. The first-order valence-corrected chi connectivity index (χ1v) is 6.45. The number of β-amino-alcohol motifs (C(OH)–C–C–N with tert-alkyl or cyclic N) is 2. The van der Waals surface area contributed by atoms with E-state index < -0.39 is 12.2 Å². The van der Waals surface area contributed by atoms with Gasteiger partial charge in [-0.1, -0.05) is 19.1 Å². The predicted octanol–water partition coefficient (Wildman–Crippen LogP) is 0.192. The number of carbonyl (C=O) groups is 1. The van der Waals surface area contributed by atoms with E-state index in [4.69, 9.17) is 4.74 Å². The molecule has 2 rings (SSSR count). The van der Waals surface area contributed by atoms with E-state index in [2.05, 4.69) is 6.92 Å². The number of carbonyl (C=O) groups excluding carboxylic acids is 1. The number of hydrogen-bond donors (Lipinski definition) is 2. The maximum Gasteiger partial charge on any atom is 0.260 e.